The maximum absolute atomic E-state index is 12.2. The SMILES string of the molecule is CC(C)[C@H](NC(=O)CCc1ccnn1C)c1nccn1C. The molecule has 2 aromatic rings. The van der Waals surface area contributed by atoms with Gasteiger partial charge >= 0.3 is 0 Å². The molecule has 0 radical (unpaired) electrons. The summed E-state index contributed by atoms with van der Waals surface area (Å²) in [4.78, 5) is 16.5. The topological polar surface area (TPSA) is 64.7 Å². The molecule has 2 aromatic heterocycles. The monoisotopic (exact) mass is 289 g/mol. The summed E-state index contributed by atoms with van der Waals surface area (Å²) in [5, 5.41) is 7.20. The molecule has 0 fully saturated rings. The number of hydrogen-bond donors (Lipinski definition) is 1. The molecule has 2 rings (SSSR count). The number of aromatic nitrogens is 4. The average molecular weight is 289 g/mol. The summed E-state index contributed by atoms with van der Waals surface area (Å²) in [5.41, 5.74) is 1.06. The van der Waals surface area contributed by atoms with E-state index in [0.29, 0.717) is 12.8 Å². The van der Waals surface area contributed by atoms with E-state index in [1.807, 2.05) is 30.9 Å². The van der Waals surface area contributed by atoms with Crippen LogP contribution in [0, 0.1) is 5.92 Å². The van der Waals surface area contributed by atoms with Gasteiger partial charge in [0.1, 0.15) is 5.82 Å². The third kappa shape index (κ3) is 3.71. The highest BCUT2D eigenvalue weighted by molar-refractivity contribution is 5.76. The highest BCUT2D eigenvalue weighted by Crippen LogP contribution is 2.19. The number of aryl methyl sites for hydroxylation is 3. The van der Waals surface area contributed by atoms with Gasteiger partial charge in [0.15, 0.2) is 0 Å². The zero-order chi connectivity index (χ0) is 15.4. The van der Waals surface area contributed by atoms with Crippen molar-refractivity contribution in [2.45, 2.75) is 32.7 Å². The molecule has 0 aliphatic carbocycles. The molecule has 0 bridgehead atoms. The second kappa shape index (κ2) is 6.56. The van der Waals surface area contributed by atoms with E-state index in [9.17, 15) is 4.79 Å². The van der Waals surface area contributed by atoms with Crippen LogP contribution in [0.25, 0.3) is 0 Å². The molecule has 0 saturated heterocycles. The molecule has 0 aromatic carbocycles. The molecule has 1 amide bonds. The molecular weight excluding hydrogens is 266 g/mol. The lowest BCUT2D eigenvalue weighted by Crippen LogP contribution is -2.33. The lowest BCUT2D eigenvalue weighted by Gasteiger charge is -2.22. The Labute approximate surface area is 125 Å². The summed E-state index contributed by atoms with van der Waals surface area (Å²) in [7, 11) is 3.83. The zero-order valence-corrected chi connectivity index (χ0v) is 13.1. The summed E-state index contributed by atoms with van der Waals surface area (Å²) in [6.07, 6.45) is 6.54. The Morgan fingerprint density at radius 1 is 1.33 bits per heavy atom. The van der Waals surface area contributed by atoms with Crippen LogP contribution in [0.15, 0.2) is 24.7 Å². The lowest BCUT2D eigenvalue weighted by molar-refractivity contribution is -0.122. The van der Waals surface area contributed by atoms with Gasteiger partial charge in [-0.3, -0.25) is 9.48 Å². The van der Waals surface area contributed by atoms with Crippen molar-refractivity contribution in [3.63, 3.8) is 0 Å². The first-order chi connectivity index (χ1) is 9.99. The van der Waals surface area contributed by atoms with Crippen molar-refractivity contribution in [1.29, 1.82) is 0 Å². The number of rotatable bonds is 6. The largest absolute Gasteiger partial charge is 0.346 e. The maximum atomic E-state index is 12.2. The van der Waals surface area contributed by atoms with Crippen LogP contribution in [0.1, 0.15) is 37.8 Å². The van der Waals surface area contributed by atoms with E-state index in [1.54, 1.807) is 17.1 Å². The third-order valence-corrected chi connectivity index (χ3v) is 3.65. The summed E-state index contributed by atoms with van der Waals surface area (Å²) in [6, 6.07) is 1.87. The number of nitrogens with zero attached hydrogens (tertiary/aromatic N) is 4. The predicted molar refractivity (Wildman–Crippen MR) is 80.5 cm³/mol. The first-order valence-corrected chi connectivity index (χ1v) is 7.22. The van der Waals surface area contributed by atoms with Gasteiger partial charge < -0.3 is 9.88 Å². The van der Waals surface area contributed by atoms with E-state index in [1.165, 1.54) is 0 Å². The molecule has 0 spiro atoms. The van der Waals surface area contributed by atoms with Crippen molar-refractivity contribution in [2.75, 3.05) is 0 Å². The van der Waals surface area contributed by atoms with E-state index < -0.39 is 0 Å². The van der Waals surface area contributed by atoms with E-state index in [-0.39, 0.29) is 17.9 Å². The van der Waals surface area contributed by atoms with Crippen LogP contribution in [-0.2, 0) is 25.3 Å². The molecule has 0 saturated carbocycles. The van der Waals surface area contributed by atoms with Crippen LogP contribution in [0.5, 0.6) is 0 Å². The van der Waals surface area contributed by atoms with Gasteiger partial charge in [0, 0.05) is 44.8 Å². The van der Waals surface area contributed by atoms with Crippen LogP contribution in [-0.4, -0.2) is 25.2 Å². The van der Waals surface area contributed by atoms with E-state index in [0.717, 1.165) is 11.5 Å². The van der Waals surface area contributed by atoms with Crippen LogP contribution in [0.4, 0.5) is 0 Å². The molecule has 0 aliphatic heterocycles. The van der Waals surface area contributed by atoms with Gasteiger partial charge in [0.05, 0.1) is 6.04 Å². The van der Waals surface area contributed by atoms with Gasteiger partial charge in [-0.25, -0.2) is 4.98 Å². The first-order valence-electron chi connectivity index (χ1n) is 7.22. The van der Waals surface area contributed by atoms with Gasteiger partial charge in [0.2, 0.25) is 5.91 Å². The van der Waals surface area contributed by atoms with E-state index in [4.69, 9.17) is 0 Å². The fraction of sp³-hybridized carbons (Fsp3) is 0.533. The standard InChI is InChI=1S/C15H23N5O/c1-11(2)14(15-16-9-10-19(15)3)18-13(21)6-5-12-7-8-17-20(12)4/h7-11,14H,5-6H2,1-4H3,(H,18,21)/t14-/m0/s1. The molecule has 6 heteroatoms. The molecule has 114 valence electrons. The Balaban J connectivity index is 1.96. The average Bonchev–Trinajstić information content (AvgIpc) is 3.02. The molecule has 1 N–H and O–H groups in total. The van der Waals surface area contributed by atoms with Crippen LogP contribution in [0.3, 0.4) is 0 Å². The number of nitrogens with one attached hydrogen (secondary N) is 1. The van der Waals surface area contributed by atoms with Crippen molar-refractivity contribution in [2.24, 2.45) is 20.0 Å². The summed E-state index contributed by atoms with van der Waals surface area (Å²) in [6.45, 7) is 4.17. The minimum atomic E-state index is -0.0657. The van der Waals surface area contributed by atoms with E-state index >= 15 is 0 Å². The van der Waals surface area contributed by atoms with Gasteiger partial charge in [-0.2, -0.15) is 5.10 Å². The number of hydrogen-bond acceptors (Lipinski definition) is 3. The van der Waals surface area contributed by atoms with Crippen LogP contribution >= 0.6 is 0 Å². The minimum Gasteiger partial charge on any atom is -0.346 e. The summed E-state index contributed by atoms with van der Waals surface area (Å²) >= 11 is 0. The second-order valence-electron chi connectivity index (χ2n) is 5.63. The lowest BCUT2D eigenvalue weighted by atomic mass is 10.0. The van der Waals surface area contributed by atoms with Crippen molar-refractivity contribution >= 4 is 5.91 Å². The fourth-order valence-electron chi connectivity index (χ4n) is 2.34. The summed E-state index contributed by atoms with van der Waals surface area (Å²) < 4.78 is 3.75. The van der Waals surface area contributed by atoms with Gasteiger partial charge in [-0.15, -0.1) is 0 Å². The number of imidazole rings is 1. The third-order valence-electron chi connectivity index (χ3n) is 3.65. The van der Waals surface area contributed by atoms with Crippen molar-refractivity contribution in [3.8, 4) is 0 Å². The molecular formula is C15H23N5O. The van der Waals surface area contributed by atoms with E-state index in [2.05, 4.69) is 29.2 Å². The zero-order valence-electron chi connectivity index (χ0n) is 13.1. The molecule has 21 heavy (non-hydrogen) atoms. The van der Waals surface area contributed by atoms with Crippen LogP contribution in [0.2, 0.25) is 0 Å². The van der Waals surface area contributed by atoms with Crippen LogP contribution < -0.4 is 5.32 Å². The molecule has 2 heterocycles. The molecule has 0 unspecified atom stereocenters. The Kier molecular flexibility index (Phi) is 4.77. The fourth-order valence-corrected chi connectivity index (χ4v) is 2.34. The van der Waals surface area contributed by atoms with Crippen molar-refractivity contribution in [1.82, 2.24) is 24.6 Å². The van der Waals surface area contributed by atoms with Crippen molar-refractivity contribution in [3.05, 3.63) is 36.2 Å². The molecule has 0 aliphatic rings. The van der Waals surface area contributed by atoms with Crippen molar-refractivity contribution < 1.29 is 4.79 Å². The van der Waals surface area contributed by atoms with Gasteiger partial charge in [-0.05, 0) is 18.4 Å². The number of carbonyl (C=O) groups excluding carboxylic acids is 1. The van der Waals surface area contributed by atoms with Gasteiger partial charge in [-0.1, -0.05) is 13.8 Å². The minimum absolute atomic E-state index is 0.0397. The Bertz CT molecular complexity index is 599. The molecule has 6 nitrogen and oxygen atoms in total. The highest BCUT2D eigenvalue weighted by atomic mass is 16.1. The molecule has 1 atom stereocenters. The summed E-state index contributed by atoms with van der Waals surface area (Å²) in [5.74, 6) is 1.21. The van der Waals surface area contributed by atoms with Gasteiger partial charge in [0.25, 0.3) is 0 Å². The Morgan fingerprint density at radius 3 is 2.62 bits per heavy atom. The maximum Gasteiger partial charge on any atom is 0.220 e. The predicted octanol–water partition coefficient (Wildman–Crippen LogP) is 1.60. The second-order valence-corrected chi connectivity index (χ2v) is 5.63. The smallest absolute Gasteiger partial charge is 0.220 e. The highest BCUT2D eigenvalue weighted by Gasteiger charge is 2.21. The Morgan fingerprint density at radius 2 is 2.10 bits per heavy atom. The first kappa shape index (κ1) is 15.3. The quantitative estimate of drug-likeness (QED) is 0.878. The number of carbonyl (C=O) groups is 1. The normalized spacial score (nSPS) is 12.6. The Hall–Kier alpha value is -2.11. The number of amides is 1.